The smallest absolute Gasteiger partial charge is 0.309 e. The lowest BCUT2D eigenvalue weighted by atomic mass is 9.49. The number of esters is 1. The Bertz CT molecular complexity index is 860. The molecule has 3 fully saturated rings. The summed E-state index contributed by atoms with van der Waals surface area (Å²) in [6.07, 6.45) is 17.6. The standard InChI is InChI=1S/C31H46O3/c1-5-6-7-21-8-10-22(11-9-21)30(33)34-27-15-14-26-29-19(2)16-23-17-24(32)12-13-25(23)28(29)20(3)18-31(26,27)4/h14,17,19-22,25,27-29H,5-13,15-16,18H2,1-4H3/t19-,20+,21?,22?,25?,27+,28?,29?,31+/m1/s1. The van der Waals surface area contributed by atoms with Gasteiger partial charge in [0.2, 0.25) is 0 Å². The molecule has 3 heteroatoms. The first-order valence-corrected chi connectivity index (χ1v) is 14.5. The lowest BCUT2D eigenvalue weighted by Crippen LogP contribution is -2.51. The Morgan fingerprint density at radius 1 is 1.12 bits per heavy atom. The van der Waals surface area contributed by atoms with Crippen LogP contribution in [-0.2, 0) is 14.3 Å². The summed E-state index contributed by atoms with van der Waals surface area (Å²) in [7, 11) is 0. The molecule has 5 rings (SSSR count). The van der Waals surface area contributed by atoms with Gasteiger partial charge in [0.15, 0.2) is 5.78 Å². The largest absolute Gasteiger partial charge is 0.461 e. The van der Waals surface area contributed by atoms with Crippen LogP contribution in [0.15, 0.2) is 23.3 Å². The molecule has 5 aliphatic rings. The van der Waals surface area contributed by atoms with Gasteiger partial charge in [0, 0.05) is 18.3 Å². The minimum atomic E-state index is -0.0193. The quantitative estimate of drug-likeness (QED) is 0.312. The summed E-state index contributed by atoms with van der Waals surface area (Å²) in [5, 5.41) is 0. The Balaban J connectivity index is 1.27. The first-order chi connectivity index (χ1) is 16.3. The zero-order valence-electron chi connectivity index (χ0n) is 22.0. The zero-order chi connectivity index (χ0) is 24.0. The fraction of sp³-hybridized carbons (Fsp3) is 0.806. The van der Waals surface area contributed by atoms with E-state index in [4.69, 9.17) is 4.74 Å². The van der Waals surface area contributed by atoms with Crippen molar-refractivity contribution in [3.8, 4) is 0 Å². The molecule has 0 bridgehead atoms. The molecule has 0 amide bonds. The SMILES string of the molecule is CCCCC1CCC(C(=O)O[C@H]2CC=C3C4C(C5CCC(=O)C=C5C[C@H]4C)[C@@H](C)C[C@@]32C)CC1. The van der Waals surface area contributed by atoms with Crippen LogP contribution in [0.2, 0.25) is 0 Å². The maximum Gasteiger partial charge on any atom is 0.309 e. The summed E-state index contributed by atoms with van der Waals surface area (Å²) in [4.78, 5) is 25.4. The van der Waals surface area contributed by atoms with Crippen LogP contribution < -0.4 is 0 Å². The maximum absolute atomic E-state index is 13.3. The molecule has 0 spiro atoms. The van der Waals surface area contributed by atoms with Crippen LogP contribution >= 0.6 is 0 Å². The van der Waals surface area contributed by atoms with Gasteiger partial charge in [-0.1, -0.05) is 64.2 Å². The Hall–Kier alpha value is -1.38. The molecule has 0 heterocycles. The lowest BCUT2D eigenvalue weighted by Gasteiger charge is -2.56. The molecule has 0 aliphatic heterocycles. The molecule has 0 N–H and O–H groups in total. The van der Waals surface area contributed by atoms with Crippen LogP contribution in [0.4, 0.5) is 0 Å². The number of ether oxygens (including phenoxy) is 1. The van der Waals surface area contributed by atoms with Gasteiger partial charge in [0.05, 0.1) is 5.92 Å². The van der Waals surface area contributed by atoms with E-state index in [1.165, 1.54) is 37.7 Å². The predicted molar refractivity (Wildman–Crippen MR) is 136 cm³/mol. The average molecular weight is 467 g/mol. The Morgan fingerprint density at radius 3 is 2.62 bits per heavy atom. The van der Waals surface area contributed by atoms with Crippen molar-refractivity contribution >= 4 is 11.8 Å². The number of ketones is 1. The van der Waals surface area contributed by atoms with Gasteiger partial charge < -0.3 is 4.74 Å². The van der Waals surface area contributed by atoms with E-state index >= 15 is 0 Å². The lowest BCUT2D eigenvalue weighted by molar-refractivity contribution is -0.162. The van der Waals surface area contributed by atoms with Gasteiger partial charge in [0.1, 0.15) is 6.10 Å². The van der Waals surface area contributed by atoms with E-state index in [1.807, 2.05) is 6.08 Å². The second kappa shape index (κ2) is 9.58. The highest BCUT2D eigenvalue weighted by molar-refractivity contribution is 5.91. The molecule has 3 saturated carbocycles. The third-order valence-corrected chi connectivity index (χ3v) is 10.7. The number of hydrogen-bond donors (Lipinski definition) is 0. The van der Waals surface area contributed by atoms with Crippen LogP contribution in [0.25, 0.3) is 0 Å². The molecule has 0 aromatic carbocycles. The Labute approximate surface area is 207 Å². The second-order valence-electron chi connectivity index (χ2n) is 12.9. The third kappa shape index (κ3) is 4.24. The van der Waals surface area contributed by atoms with Crippen molar-refractivity contribution in [3.05, 3.63) is 23.3 Å². The number of hydrogen-bond acceptors (Lipinski definition) is 3. The van der Waals surface area contributed by atoms with E-state index in [-0.39, 0.29) is 23.4 Å². The first kappa shape index (κ1) is 24.3. The van der Waals surface area contributed by atoms with Crippen LogP contribution in [-0.4, -0.2) is 17.9 Å². The molecule has 0 aromatic heterocycles. The van der Waals surface area contributed by atoms with Crippen molar-refractivity contribution in [1.82, 2.24) is 0 Å². The number of rotatable bonds is 5. The molecule has 0 radical (unpaired) electrons. The highest BCUT2D eigenvalue weighted by Crippen LogP contribution is 2.63. The number of unbranched alkanes of at least 4 members (excludes halogenated alkanes) is 1. The van der Waals surface area contributed by atoms with Crippen LogP contribution in [0, 0.1) is 46.8 Å². The van der Waals surface area contributed by atoms with E-state index in [0.29, 0.717) is 35.4 Å². The molecule has 0 aromatic rings. The Morgan fingerprint density at radius 2 is 1.88 bits per heavy atom. The summed E-state index contributed by atoms with van der Waals surface area (Å²) < 4.78 is 6.38. The van der Waals surface area contributed by atoms with Crippen LogP contribution in [0.5, 0.6) is 0 Å². The number of carbonyl (C=O) groups is 2. The van der Waals surface area contributed by atoms with Gasteiger partial charge in [-0.2, -0.15) is 0 Å². The second-order valence-corrected chi connectivity index (χ2v) is 12.9. The van der Waals surface area contributed by atoms with Crippen molar-refractivity contribution in [2.24, 2.45) is 46.8 Å². The fourth-order valence-electron chi connectivity index (χ4n) is 8.99. The molecule has 34 heavy (non-hydrogen) atoms. The molecule has 0 saturated heterocycles. The monoisotopic (exact) mass is 466 g/mol. The molecule has 5 aliphatic carbocycles. The Kier molecular flexibility index (Phi) is 6.85. The van der Waals surface area contributed by atoms with E-state index in [0.717, 1.165) is 50.9 Å². The number of carbonyl (C=O) groups excluding carboxylic acids is 2. The van der Waals surface area contributed by atoms with Gasteiger partial charge >= 0.3 is 5.97 Å². The van der Waals surface area contributed by atoms with Crippen molar-refractivity contribution in [1.29, 1.82) is 0 Å². The number of allylic oxidation sites excluding steroid dienone is 2. The molecule has 3 unspecified atom stereocenters. The van der Waals surface area contributed by atoms with Gasteiger partial charge in [-0.3, -0.25) is 9.59 Å². The maximum atomic E-state index is 13.3. The van der Waals surface area contributed by atoms with Crippen LogP contribution in [0.3, 0.4) is 0 Å². The molecular weight excluding hydrogens is 420 g/mol. The van der Waals surface area contributed by atoms with Gasteiger partial charge in [-0.05, 0) is 86.5 Å². The first-order valence-electron chi connectivity index (χ1n) is 14.5. The molecule has 3 nitrogen and oxygen atoms in total. The van der Waals surface area contributed by atoms with Gasteiger partial charge in [-0.15, -0.1) is 0 Å². The predicted octanol–water partition coefficient (Wildman–Crippen LogP) is 7.45. The third-order valence-electron chi connectivity index (χ3n) is 10.7. The fourth-order valence-corrected chi connectivity index (χ4v) is 8.99. The summed E-state index contributed by atoms with van der Waals surface area (Å²) in [6, 6.07) is 0. The molecular formula is C31H46O3. The topological polar surface area (TPSA) is 43.4 Å². The van der Waals surface area contributed by atoms with Crippen LogP contribution in [0.1, 0.15) is 105 Å². The molecule has 7 atom stereocenters. The van der Waals surface area contributed by atoms with E-state index in [2.05, 4.69) is 33.8 Å². The van der Waals surface area contributed by atoms with E-state index in [9.17, 15) is 9.59 Å². The van der Waals surface area contributed by atoms with E-state index in [1.54, 1.807) is 5.57 Å². The summed E-state index contributed by atoms with van der Waals surface area (Å²) >= 11 is 0. The highest BCUT2D eigenvalue weighted by atomic mass is 16.5. The average Bonchev–Trinajstić information content (AvgIpc) is 3.12. The van der Waals surface area contributed by atoms with Crippen molar-refractivity contribution in [3.63, 3.8) is 0 Å². The highest BCUT2D eigenvalue weighted by Gasteiger charge is 2.57. The zero-order valence-corrected chi connectivity index (χ0v) is 22.0. The van der Waals surface area contributed by atoms with Gasteiger partial charge in [0.25, 0.3) is 0 Å². The van der Waals surface area contributed by atoms with Crippen molar-refractivity contribution < 1.29 is 14.3 Å². The minimum Gasteiger partial charge on any atom is -0.461 e. The molecule has 188 valence electrons. The minimum absolute atomic E-state index is 0.00767. The normalized spacial score (nSPS) is 43.8. The summed E-state index contributed by atoms with van der Waals surface area (Å²) in [5.41, 5.74) is 2.99. The van der Waals surface area contributed by atoms with E-state index < -0.39 is 0 Å². The van der Waals surface area contributed by atoms with Crippen molar-refractivity contribution in [2.75, 3.05) is 0 Å². The van der Waals surface area contributed by atoms with Gasteiger partial charge in [-0.25, -0.2) is 0 Å². The van der Waals surface area contributed by atoms with Crippen molar-refractivity contribution in [2.45, 2.75) is 111 Å². The summed E-state index contributed by atoms with van der Waals surface area (Å²) in [6.45, 7) is 9.48. The number of fused-ring (bicyclic) bond motifs is 5. The summed E-state index contributed by atoms with van der Waals surface area (Å²) in [5.74, 6) is 4.26.